The number of rotatable bonds is 5. The van der Waals surface area contributed by atoms with Crippen LogP contribution >= 0.6 is 0 Å². The van der Waals surface area contributed by atoms with Gasteiger partial charge in [0, 0.05) is 41.9 Å². The predicted octanol–water partition coefficient (Wildman–Crippen LogP) is 3.19. The van der Waals surface area contributed by atoms with Crippen molar-refractivity contribution in [2.45, 2.75) is 19.9 Å². The maximum Gasteiger partial charge on any atom is 0.219 e. The van der Waals surface area contributed by atoms with Crippen LogP contribution in [-0.4, -0.2) is 31.6 Å². The lowest BCUT2D eigenvalue weighted by molar-refractivity contribution is 0.234. The van der Waals surface area contributed by atoms with E-state index in [1.54, 1.807) is 30.9 Å². The maximum absolute atomic E-state index is 9.19. The van der Waals surface area contributed by atoms with Crippen molar-refractivity contribution in [1.29, 1.82) is 0 Å². The molecule has 0 saturated carbocycles. The molecule has 0 spiro atoms. The fourth-order valence-corrected chi connectivity index (χ4v) is 2.23. The van der Waals surface area contributed by atoms with Crippen LogP contribution in [0.5, 0.6) is 11.6 Å². The number of nitrogens with one attached hydrogen (secondary N) is 1. The maximum atomic E-state index is 9.19. The number of amidine groups is 1. The molecule has 1 aromatic carbocycles. The van der Waals surface area contributed by atoms with E-state index in [-0.39, 0.29) is 6.04 Å². The zero-order valence-electron chi connectivity index (χ0n) is 14.0. The van der Waals surface area contributed by atoms with Crippen molar-refractivity contribution >= 4 is 5.84 Å². The highest BCUT2D eigenvalue weighted by Gasteiger charge is 2.06. The molecule has 0 unspecified atom stereocenters. The average molecular weight is 337 g/mol. The summed E-state index contributed by atoms with van der Waals surface area (Å²) in [6.07, 6.45) is 6.94. The van der Waals surface area contributed by atoms with E-state index in [9.17, 15) is 5.21 Å². The molecule has 0 radical (unpaired) electrons. The summed E-state index contributed by atoms with van der Waals surface area (Å²) in [5.41, 5.74) is 3.78. The Morgan fingerprint density at radius 3 is 2.56 bits per heavy atom. The molecule has 0 amide bonds. The van der Waals surface area contributed by atoms with Crippen LogP contribution in [0.25, 0.3) is 5.69 Å². The van der Waals surface area contributed by atoms with E-state index in [4.69, 9.17) is 4.74 Å². The van der Waals surface area contributed by atoms with Gasteiger partial charge in [0.2, 0.25) is 5.88 Å². The van der Waals surface area contributed by atoms with E-state index in [0.717, 1.165) is 5.69 Å². The molecular formula is C18H19N5O2. The number of ether oxygens (including phenoxy) is 1. The molecule has 3 rings (SSSR count). The summed E-state index contributed by atoms with van der Waals surface area (Å²) in [4.78, 5) is 12.6. The number of pyridine rings is 1. The number of hydrogen-bond donors (Lipinski definition) is 2. The van der Waals surface area contributed by atoms with Crippen molar-refractivity contribution in [2.24, 2.45) is 4.99 Å². The predicted molar refractivity (Wildman–Crippen MR) is 94.5 cm³/mol. The molecule has 7 heteroatoms. The second-order valence-corrected chi connectivity index (χ2v) is 5.63. The molecule has 7 nitrogen and oxygen atoms in total. The molecule has 0 saturated heterocycles. The van der Waals surface area contributed by atoms with E-state index in [1.807, 2.05) is 48.9 Å². The van der Waals surface area contributed by atoms with Crippen molar-refractivity contribution in [1.82, 2.24) is 20.0 Å². The molecule has 2 N–H and O–H groups in total. The van der Waals surface area contributed by atoms with Crippen molar-refractivity contribution in [3.63, 3.8) is 0 Å². The molecular weight excluding hydrogens is 318 g/mol. The first-order chi connectivity index (χ1) is 12.2. The summed E-state index contributed by atoms with van der Waals surface area (Å²) >= 11 is 0. The molecule has 3 aromatic rings. The molecule has 0 aliphatic carbocycles. The fourth-order valence-electron chi connectivity index (χ4n) is 2.23. The Morgan fingerprint density at radius 1 is 1.20 bits per heavy atom. The van der Waals surface area contributed by atoms with Gasteiger partial charge in [0.05, 0.1) is 6.33 Å². The van der Waals surface area contributed by atoms with Crippen LogP contribution in [0.3, 0.4) is 0 Å². The average Bonchev–Trinajstić information content (AvgIpc) is 3.16. The van der Waals surface area contributed by atoms with Gasteiger partial charge in [-0.1, -0.05) is 0 Å². The Labute approximate surface area is 145 Å². The van der Waals surface area contributed by atoms with Crippen molar-refractivity contribution in [3.05, 3.63) is 66.9 Å². The minimum atomic E-state index is 0.0552. The first kappa shape index (κ1) is 16.7. The number of hydrogen-bond acceptors (Lipinski definition) is 5. The number of aliphatic imine (C=N–C) groups is 1. The first-order valence-corrected chi connectivity index (χ1v) is 7.86. The molecule has 2 aromatic heterocycles. The number of nitrogens with zero attached hydrogens (tertiary/aromatic N) is 4. The smallest absolute Gasteiger partial charge is 0.219 e. The van der Waals surface area contributed by atoms with Crippen LogP contribution in [0.2, 0.25) is 0 Å². The third-order valence-corrected chi connectivity index (χ3v) is 3.36. The SMILES string of the molecule is CC(C)N=C(NO)c1ccc(Oc2ccc(-n3ccnc3)cc2)nc1. The minimum Gasteiger partial charge on any atom is -0.439 e. The normalized spacial score (nSPS) is 11.6. The highest BCUT2D eigenvalue weighted by Crippen LogP contribution is 2.21. The zero-order chi connectivity index (χ0) is 17.6. The molecule has 0 fully saturated rings. The van der Waals surface area contributed by atoms with Gasteiger partial charge in [0.15, 0.2) is 5.84 Å². The largest absolute Gasteiger partial charge is 0.439 e. The van der Waals surface area contributed by atoms with Gasteiger partial charge in [-0.15, -0.1) is 0 Å². The number of aromatic nitrogens is 3. The van der Waals surface area contributed by atoms with Gasteiger partial charge in [-0.25, -0.2) is 9.97 Å². The number of imidazole rings is 1. The second kappa shape index (κ2) is 7.59. The molecule has 2 heterocycles. The lowest BCUT2D eigenvalue weighted by Crippen LogP contribution is -2.22. The highest BCUT2D eigenvalue weighted by atomic mass is 16.5. The first-order valence-electron chi connectivity index (χ1n) is 7.86. The van der Waals surface area contributed by atoms with E-state index in [2.05, 4.69) is 20.4 Å². The van der Waals surface area contributed by atoms with Gasteiger partial charge >= 0.3 is 0 Å². The molecule has 0 aliphatic heterocycles. The summed E-state index contributed by atoms with van der Waals surface area (Å²) in [7, 11) is 0. The van der Waals surface area contributed by atoms with Crippen molar-refractivity contribution < 1.29 is 9.94 Å². The Kier molecular flexibility index (Phi) is 5.06. The fraction of sp³-hybridized carbons (Fsp3) is 0.167. The standard InChI is InChI=1S/C18H19N5O2/c1-13(2)21-18(22-24)14-3-8-17(20-11-14)25-16-6-4-15(5-7-16)23-10-9-19-12-23/h3-13,24H,1-2H3,(H,21,22). The van der Waals surface area contributed by atoms with Gasteiger partial charge < -0.3 is 9.30 Å². The quantitative estimate of drug-likeness (QED) is 0.424. The van der Waals surface area contributed by atoms with Crippen LogP contribution in [-0.2, 0) is 0 Å². The Balaban J connectivity index is 1.71. The van der Waals surface area contributed by atoms with Crippen LogP contribution in [0, 0.1) is 0 Å². The van der Waals surface area contributed by atoms with E-state index >= 15 is 0 Å². The van der Waals surface area contributed by atoms with Crippen LogP contribution in [0.4, 0.5) is 0 Å². The van der Waals surface area contributed by atoms with Crippen molar-refractivity contribution in [3.8, 4) is 17.3 Å². The number of hydroxylamine groups is 1. The highest BCUT2D eigenvalue weighted by molar-refractivity contribution is 5.97. The lowest BCUT2D eigenvalue weighted by Gasteiger charge is -2.09. The van der Waals surface area contributed by atoms with Gasteiger partial charge in [0.25, 0.3) is 0 Å². The third kappa shape index (κ3) is 4.21. The third-order valence-electron chi connectivity index (χ3n) is 3.36. The summed E-state index contributed by atoms with van der Waals surface area (Å²) < 4.78 is 7.65. The van der Waals surface area contributed by atoms with E-state index in [1.165, 1.54) is 0 Å². The summed E-state index contributed by atoms with van der Waals surface area (Å²) in [5.74, 6) is 1.51. The Morgan fingerprint density at radius 2 is 2.00 bits per heavy atom. The van der Waals surface area contributed by atoms with E-state index in [0.29, 0.717) is 23.0 Å². The van der Waals surface area contributed by atoms with Crippen LogP contribution < -0.4 is 10.2 Å². The molecule has 128 valence electrons. The second-order valence-electron chi connectivity index (χ2n) is 5.63. The zero-order valence-corrected chi connectivity index (χ0v) is 14.0. The van der Waals surface area contributed by atoms with Crippen LogP contribution in [0.1, 0.15) is 19.4 Å². The van der Waals surface area contributed by atoms with Gasteiger partial charge in [-0.2, -0.15) is 0 Å². The molecule has 0 atom stereocenters. The lowest BCUT2D eigenvalue weighted by atomic mass is 10.2. The van der Waals surface area contributed by atoms with Gasteiger partial charge in [-0.05, 0) is 44.2 Å². The monoisotopic (exact) mass is 337 g/mol. The molecule has 0 bridgehead atoms. The Hall–Kier alpha value is -3.19. The Bertz CT molecular complexity index is 825. The summed E-state index contributed by atoms with van der Waals surface area (Å²) in [6, 6.07) is 11.2. The summed E-state index contributed by atoms with van der Waals surface area (Å²) in [6.45, 7) is 3.85. The molecule has 0 aliphatic rings. The molecule has 25 heavy (non-hydrogen) atoms. The van der Waals surface area contributed by atoms with Gasteiger partial charge in [0.1, 0.15) is 5.75 Å². The van der Waals surface area contributed by atoms with E-state index < -0.39 is 0 Å². The minimum absolute atomic E-state index is 0.0552. The topological polar surface area (TPSA) is 84.6 Å². The van der Waals surface area contributed by atoms with Crippen molar-refractivity contribution in [2.75, 3.05) is 0 Å². The van der Waals surface area contributed by atoms with Crippen LogP contribution in [0.15, 0.2) is 66.3 Å². The van der Waals surface area contributed by atoms with Gasteiger partial charge in [-0.3, -0.25) is 15.7 Å². The number of benzene rings is 1. The summed E-state index contributed by atoms with van der Waals surface area (Å²) in [5, 5.41) is 9.19.